The van der Waals surface area contributed by atoms with Gasteiger partial charge in [-0.2, -0.15) is 4.31 Å². The van der Waals surface area contributed by atoms with Crippen LogP contribution in [0, 0.1) is 0 Å². The summed E-state index contributed by atoms with van der Waals surface area (Å²) >= 11 is 0. The first kappa shape index (κ1) is 42.9. The van der Waals surface area contributed by atoms with Crippen molar-refractivity contribution in [3.8, 4) is 5.75 Å². The van der Waals surface area contributed by atoms with Crippen LogP contribution in [0.5, 0.6) is 5.75 Å². The first-order valence-electron chi connectivity index (χ1n) is 17.6. The molecule has 0 bridgehead atoms. The molecule has 0 spiro atoms. The minimum atomic E-state index is -3.81. The van der Waals surface area contributed by atoms with Gasteiger partial charge in [-0.3, -0.25) is 5.32 Å². The first-order valence-corrected chi connectivity index (χ1v) is 24.8. The number of ether oxygens (including phenoxy) is 1. The van der Waals surface area contributed by atoms with Crippen molar-refractivity contribution < 1.29 is 31.9 Å². The molecule has 9 nitrogen and oxygen atoms in total. The molecule has 2 N–H and O–H groups in total. The van der Waals surface area contributed by atoms with E-state index in [1.165, 1.54) is 4.31 Å². The van der Waals surface area contributed by atoms with Crippen LogP contribution in [0.3, 0.4) is 0 Å². The number of hydrogen-bond acceptors (Lipinski definition) is 6. The molecule has 1 amide bonds. The average Bonchev–Trinajstić information content (AvgIpc) is 3.05. The lowest BCUT2D eigenvalue weighted by atomic mass is 10.1. The maximum atomic E-state index is 14.0. The van der Waals surface area contributed by atoms with Crippen molar-refractivity contribution in [3.63, 3.8) is 0 Å². The van der Waals surface area contributed by atoms with Gasteiger partial charge in [0.05, 0.1) is 12.0 Å². The van der Waals surface area contributed by atoms with E-state index in [-0.39, 0.29) is 28.1 Å². The van der Waals surface area contributed by atoms with E-state index in [1.54, 1.807) is 31.4 Å². The number of rotatable bonds is 16. The summed E-state index contributed by atoms with van der Waals surface area (Å²) in [6, 6.07) is 19.9. The zero-order valence-electron chi connectivity index (χ0n) is 32.7. The Balaban J connectivity index is 1.75. The molecule has 12 heteroatoms. The Labute approximate surface area is 314 Å². The van der Waals surface area contributed by atoms with Crippen molar-refractivity contribution in [2.75, 3.05) is 38.7 Å². The van der Waals surface area contributed by atoms with Crippen LogP contribution in [0.1, 0.15) is 63.8 Å². The van der Waals surface area contributed by atoms with Crippen molar-refractivity contribution in [1.82, 2.24) is 4.31 Å². The number of carbonyl (C=O) groups is 1. The summed E-state index contributed by atoms with van der Waals surface area (Å²) in [7, 11) is -6.30. The number of sulfonamides is 1. The van der Waals surface area contributed by atoms with Gasteiger partial charge in [0.25, 0.3) is 0 Å². The third-order valence-corrected chi connectivity index (χ3v) is 21.1. The lowest BCUT2D eigenvalue weighted by molar-refractivity contribution is 0.209. The minimum Gasteiger partial charge on any atom is -0.496 e. The number of amides is 1. The smallest absolute Gasteiger partial charge is 0.409 e. The number of nitrogens with zero attached hydrogens (tertiary/aromatic N) is 1. The van der Waals surface area contributed by atoms with Crippen LogP contribution in [0.25, 0.3) is 24.3 Å². The second-order valence-corrected chi connectivity index (χ2v) is 27.5. The quantitative estimate of drug-likeness (QED) is 0.110. The van der Waals surface area contributed by atoms with Crippen molar-refractivity contribution in [1.29, 1.82) is 0 Å². The number of benzene rings is 3. The molecule has 0 fully saturated rings. The Bertz CT molecular complexity index is 1780. The number of anilines is 1. The third-order valence-electron chi connectivity index (χ3n) is 10.1. The van der Waals surface area contributed by atoms with E-state index in [2.05, 4.69) is 73.0 Å². The van der Waals surface area contributed by atoms with Crippen LogP contribution in [-0.2, 0) is 18.9 Å². The Morgan fingerprint density at radius 2 is 1.17 bits per heavy atom. The molecule has 0 aliphatic carbocycles. The highest BCUT2D eigenvalue weighted by atomic mass is 32.2. The second-order valence-electron chi connectivity index (χ2n) is 15.9. The normalized spacial score (nSPS) is 13.3. The van der Waals surface area contributed by atoms with Gasteiger partial charge in [0, 0.05) is 37.6 Å². The SMILES string of the molecule is COc1cc(C=Cc2ccc(S(=O)(=O)N(CCO[Si](C)(C)C(C)(C)C)CCO[Si](C)(C)C(C)(C)C)cc2)ccc1C=Cc1ccc(NC(=O)O)cc1. The molecule has 0 aliphatic rings. The molecule has 0 heterocycles. The fourth-order valence-electron chi connectivity index (χ4n) is 4.64. The van der Waals surface area contributed by atoms with Crippen molar-refractivity contribution in [2.24, 2.45) is 0 Å². The molecule has 0 aliphatic heterocycles. The van der Waals surface area contributed by atoms with E-state index in [4.69, 9.17) is 18.7 Å². The molecule has 52 heavy (non-hydrogen) atoms. The molecular weight excluding hydrogens is 709 g/mol. The lowest BCUT2D eigenvalue weighted by Crippen LogP contribution is -2.45. The van der Waals surface area contributed by atoms with Crippen LogP contribution in [-0.4, -0.2) is 74.0 Å². The Morgan fingerprint density at radius 1 is 0.731 bits per heavy atom. The maximum Gasteiger partial charge on any atom is 0.409 e. The summed E-state index contributed by atoms with van der Waals surface area (Å²) < 4.78 is 47.9. The highest BCUT2D eigenvalue weighted by Gasteiger charge is 2.39. The number of nitrogens with one attached hydrogen (secondary N) is 1. The first-order chi connectivity index (χ1) is 24.1. The summed E-state index contributed by atoms with van der Waals surface area (Å²) in [6.07, 6.45) is 6.65. The maximum absolute atomic E-state index is 14.0. The Kier molecular flexibility index (Phi) is 14.5. The molecule has 0 atom stereocenters. The molecule has 0 saturated carbocycles. The van der Waals surface area contributed by atoms with E-state index in [0.717, 1.165) is 22.3 Å². The van der Waals surface area contributed by atoms with Crippen LogP contribution in [0.4, 0.5) is 10.5 Å². The van der Waals surface area contributed by atoms with Gasteiger partial charge < -0.3 is 18.7 Å². The van der Waals surface area contributed by atoms with Gasteiger partial charge >= 0.3 is 6.09 Å². The minimum absolute atomic E-state index is 0.0220. The predicted octanol–water partition coefficient (Wildman–Crippen LogP) is 10.2. The van der Waals surface area contributed by atoms with Gasteiger partial charge in [0.2, 0.25) is 10.0 Å². The van der Waals surface area contributed by atoms with Crippen molar-refractivity contribution in [3.05, 3.63) is 89.0 Å². The molecule has 284 valence electrons. The van der Waals surface area contributed by atoms with Gasteiger partial charge in [-0.15, -0.1) is 0 Å². The average molecular weight is 767 g/mol. The molecule has 3 aromatic rings. The van der Waals surface area contributed by atoms with E-state index in [1.807, 2.05) is 66.8 Å². The summed E-state index contributed by atoms with van der Waals surface area (Å²) in [6.45, 7) is 22.9. The number of hydrogen-bond donors (Lipinski definition) is 2. The summed E-state index contributed by atoms with van der Waals surface area (Å²) in [5.74, 6) is 0.694. The summed E-state index contributed by atoms with van der Waals surface area (Å²) in [5, 5.41) is 11.2. The van der Waals surface area contributed by atoms with Crippen LogP contribution in [0.15, 0.2) is 71.6 Å². The van der Waals surface area contributed by atoms with Gasteiger partial charge in [0.1, 0.15) is 5.75 Å². The number of carboxylic acid groups (broad SMARTS) is 1. The van der Waals surface area contributed by atoms with Gasteiger partial charge in [-0.1, -0.05) is 102 Å². The van der Waals surface area contributed by atoms with Gasteiger partial charge in [-0.05, 0) is 83.3 Å². The largest absolute Gasteiger partial charge is 0.496 e. The van der Waals surface area contributed by atoms with Crippen LogP contribution >= 0.6 is 0 Å². The van der Waals surface area contributed by atoms with Crippen molar-refractivity contribution in [2.45, 2.75) is 82.7 Å². The second kappa shape index (κ2) is 17.5. The van der Waals surface area contributed by atoms with Crippen LogP contribution < -0.4 is 10.1 Å². The highest BCUT2D eigenvalue weighted by molar-refractivity contribution is 7.89. The fourth-order valence-corrected chi connectivity index (χ4v) is 8.12. The van der Waals surface area contributed by atoms with Gasteiger partial charge in [-0.25, -0.2) is 13.2 Å². The van der Waals surface area contributed by atoms with Crippen molar-refractivity contribution >= 4 is 62.7 Å². The van der Waals surface area contributed by atoms with E-state index in [0.29, 0.717) is 24.7 Å². The fraction of sp³-hybridized carbons (Fsp3) is 0.425. The van der Waals surface area contributed by atoms with E-state index >= 15 is 0 Å². The standard InChI is InChI=1S/C40H58N2O7SSi2/c1-39(2,3)51(8,9)48-28-26-42(27-29-49-52(10,11)40(4,5)6)50(45,46)36-24-18-31(19-25-36)12-13-33-15-21-34(37(30-33)47-7)20-14-32-16-22-35(23-17-32)41-38(43)44/h12-25,30,41H,26-29H2,1-11H3,(H,43,44). The topological polar surface area (TPSA) is 114 Å². The zero-order chi connectivity index (χ0) is 39.0. The Hall–Kier alpha value is -3.53. The predicted molar refractivity (Wildman–Crippen MR) is 220 cm³/mol. The third kappa shape index (κ3) is 12.0. The molecule has 0 saturated heterocycles. The molecule has 0 unspecified atom stereocenters. The molecular formula is C40H58N2O7SSi2. The zero-order valence-corrected chi connectivity index (χ0v) is 35.6. The molecule has 3 aromatic carbocycles. The molecule has 3 rings (SSSR count). The van der Waals surface area contributed by atoms with Crippen LogP contribution in [0.2, 0.25) is 36.3 Å². The summed E-state index contributed by atoms with van der Waals surface area (Å²) in [4.78, 5) is 11.1. The highest BCUT2D eigenvalue weighted by Crippen LogP contribution is 2.37. The van der Waals surface area contributed by atoms with Gasteiger partial charge in [0.15, 0.2) is 16.6 Å². The number of methoxy groups -OCH3 is 1. The van der Waals surface area contributed by atoms with E-state index < -0.39 is 32.8 Å². The lowest BCUT2D eigenvalue weighted by Gasteiger charge is -2.37. The Morgan fingerprint density at radius 3 is 1.63 bits per heavy atom. The molecule has 0 radical (unpaired) electrons. The molecule has 0 aromatic heterocycles. The summed E-state index contributed by atoms with van der Waals surface area (Å²) in [5.41, 5.74) is 4.08. The van der Waals surface area contributed by atoms with E-state index in [9.17, 15) is 13.2 Å². The monoisotopic (exact) mass is 766 g/mol.